The molecule has 15 heavy (non-hydrogen) atoms. The average molecular weight is 225 g/mol. The molecule has 3 heteroatoms. The topological polar surface area (TPSA) is 17.8 Å². The highest BCUT2D eigenvalue weighted by molar-refractivity contribution is 6.22. The maximum atomic E-state index is 6.15. The van der Waals surface area contributed by atoms with Crippen molar-refractivity contribution in [1.29, 1.82) is 0 Å². The smallest absolute Gasteiger partial charge is 0.0639 e. The van der Waals surface area contributed by atoms with Crippen molar-refractivity contribution in [2.24, 2.45) is 0 Å². The summed E-state index contributed by atoms with van der Waals surface area (Å²) in [4.78, 5) is 0. The lowest BCUT2D eigenvalue weighted by molar-refractivity contribution is 0.592. The largest absolute Gasteiger partial charge is 0.265 e. The minimum atomic E-state index is 0.207. The van der Waals surface area contributed by atoms with Gasteiger partial charge in [0.05, 0.1) is 11.1 Å². The van der Waals surface area contributed by atoms with E-state index in [9.17, 15) is 0 Å². The van der Waals surface area contributed by atoms with E-state index >= 15 is 0 Å². The molecule has 1 atom stereocenters. The molecular formula is C12H17ClN2. The van der Waals surface area contributed by atoms with E-state index in [1.54, 1.807) is 0 Å². The number of aryl methyl sites for hydroxylation is 1. The second-order valence-electron chi connectivity index (χ2n) is 4.04. The molecule has 0 spiro atoms. The minimum Gasteiger partial charge on any atom is -0.265 e. The van der Waals surface area contributed by atoms with Gasteiger partial charge in [0.2, 0.25) is 0 Å². The Morgan fingerprint density at radius 3 is 3.20 bits per heavy atom. The molecule has 1 aromatic heterocycles. The van der Waals surface area contributed by atoms with Crippen LogP contribution in [-0.2, 0) is 6.54 Å². The van der Waals surface area contributed by atoms with Gasteiger partial charge in [-0.3, -0.25) is 4.68 Å². The lowest BCUT2D eigenvalue weighted by atomic mass is 9.97. The van der Waals surface area contributed by atoms with Gasteiger partial charge in [-0.05, 0) is 37.3 Å². The molecule has 2 nitrogen and oxygen atoms in total. The highest BCUT2D eigenvalue weighted by Gasteiger charge is 2.15. The molecular weight excluding hydrogens is 208 g/mol. The molecule has 0 saturated heterocycles. The van der Waals surface area contributed by atoms with Gasteiger partial charge in [0, 0.05) is 12.7 Å². The summed E-state index contributed by atoms with van der Waals surface area (Å²) in [5, 5.41) is 4.55. The Bertz CT molecular complexity index is 354. The number of halogens is 1. The molecule has 82 valence electrons. The Morgan fingerprint density at radius 1 is 1.60 bits per heavy atom. The predicted molar refractivity (Wildman–Crippen MR) is 64.0 cm³/mol. The number of hydrogen-bond acceptors (Lipinski definition) is 1. The summed E-state index contributed by atoms with van der Waals surface area (Å²) in [5.41, 5.74) is 2.62. The first-order valence-corrected chi connectivity index (χ1v) is 6.12. The minimum absolute atomic E-state index is 0.207. The number of allylic oxidation sites excluding steroid dienone is 2. The summed E-state index contributed by atoms with van der Waals surface area (Å²) in [5.74, 6) is 0. The number of rotatable bonds is 3. The van der Waals surface area contributed by atoms with Gasteiger partial charge in [-0.1, -0.05) is 13.0 Å². The molecule has 0 amide bonds. The zero-order valence-corrected chi connectivity index (χ0v) is 9.87. The van der Waals surface area contributed by atoms with E-state index < -0.39 is 0 Å². The number of hydrogen-bond donors (Lipinski definition) is 0. The zero-order valence-electron chi connectivity index (χ0n) is 9.12. The highest BCUT2D eigenvalue weighted by Crippen LogP contribution is 2.28. The normalized spacial score (nSPS) is 21.5. The van der Waals surface area contributed by atoms with Crippen LogP contribution in [0.25, 0.3) is 5.57 Å². The third-order valence-electron chi connectivity index (χ3n) is 2.79. The van der Waals surface area contributed by atoms with Gasteiger partial charge >= 0.3 is 0 Å². The van der Waals surface area contributed by atoms with Crippen molar-refractivity contribution in [3.05, 3.63) is 24.0 Å². The van der Waals surface area contributed by atoms with Gasteiger partial charge in [0.25, 0.3) is 0 Å². The van der Waals surface area contributed by atoms with Gasteiger partial charge in [-0.15, -0.1) is 11.6 Å². The summed E-state index contributed by atoms with van der Waals surface area (Å²) in [6.45, 7) is 3.16. The monoisotopic (exact) mass is 224 g/mol. The number of nitrogens with zero attached hydrogens (tertiary/aromatic N) is 2. The number of alkyl halides is 1. The van der Waals surface area contributed by atoms with E-state index in [4.69, 9.17) is 11.6 Å². The Morgan fingerprint density at radius 2 is 2.47 bits per heavy atom. The Labute approximate surface area is 95.9 Å². The SMILES string of the molecule is CCCn1nccc1C1=CC(Cl)CCC1. The van der Waals surface area contributed by atoms with Crippen LogP contribution in [0.5, 0.6) is 0 Å². The lowest BCUT2D eigenvalue weighted by Gasteiger charge is -2.17. The van der Waals surface area contributed by atoms with Gasteiger partial charge < -0.3 is 0 Å². The molecule has 0 radical (unpaired) electrons. The van der Waals surface area contributed by atoms with E-state index in [1.807, 2.05) is 6.20 Å². The Kier molecular flexibility index (Phi) is 3.47. The summed E-state index contributed by atoms with van der Waals surface area (Å²) < 4.78 is 2.08. The average Bonchev–Trinajstić information content (AvgIpc) is 2.66. The Balaban J connectivity index is 2.24. The molecule has 0 fully saturated rings. The first-order chi connectivity index (χ1) is 7.31. The van der Waals surface area contributed by atoms with Crippen LogP contribution in [0.4, 0.5) is 0 Å². The third kappa shape index (κ3) is 2.43. The van der Waals surface area contributed by atoms with E-state index in [0.29, 0.717) is 0 Å². The van der Waals surface area contributed by atoms with Crippen LogP contribution in [0.2, 0.25) is 0 Å². The molecule has 1 aliphatic rings. The molecule has 1 aromatic rings. The fourth-order valence-electron chi connectivity index (χ4n) is 2.08. The van der Waals surface area contributed by atoms with Crippen LogP contribution in [0.15, 0.2) is 18.3 Å². The summed E-state index contributed by atoms with van der Waals surface area (Å²) in [6.07, 6.45) is 8.62. The van der Waals surface area contributed by atoms with Crippen molar-refractivity contribution in [1.82, 2.24) is 9.78 Å². The van der Waals surface area contributed by atoms with E-state index in [2.05, 4.69) is 28.8 Å². The van der Waals surface area contributed by atoms with Crippen molar-refractivity contribution < 1.29 is 0 Å². The number of aromatic nitrogens is 2. The van der Waals surface area contributed by atoms with Gasteiger partial charge in [0.1, 0.15) is 0 Å². The van der Waals surface area contributed by atoms with Crippen molar-refractivity contribution >= 4 is 17.2 Å². The molecule has 0 saturated carbocycles. The summed E-state index contributed by atoms with van der Waals surface area (Å²) in [7, 11) is 0. The zero-order chi connectivity index (χ0) is 10.7. The fourth-order valence-corrected chi connectivity index (χ4v) is 2.39. The fraction of sp³-hybridized carbons (Fsp3) is 0.583. The lowest BCUT2D eigenvalue weighted by Crippen LogP contribution is -2.08. The van der Waals surface area contributed by atoms with Crippen LogP contribution in [0.1, 0.15) is 38.3 Å². The van der Waals surface area contributed by atoms with Crippen molar-refractivity contribution in [2.45, 2.75) is 44.5 Å². The van der Waals surface area contributed by atoms with Gasteiger partial charge in [0.15, 0.2) is 0 Å². The molecule has 1 unspecified atom stereocenters. The maximum Gasteiger partial charge on any atom is 0.0639 e. The van der Waals surface area contributed by atoms with Crippen LogP contribution >= 0.6 is 11.6 Å². The Hall–Kier alpha value is -0.760. The molecule has 0 bridgehead atoms. The summed E-state index contributed by atoms with van der Waals surface area (Å²) in [6, 6.07) is 2.09. The summed E-state index contributed by atoms with van der Waals surface area (Å²) >= 11 is 6.15. The van der Waals surface area contributed by atoms with Crippen LogP contribution in [0, 0.1) is 0 Å². The molecule has 0 aromatic carbocycles. The first kappa shape index (κ1) is 10.7. The molecule has 0 N–H and O–H groups in total. The maximum absolute atomic E-state index is 6.15. The highest BCUT2D eigenvalue weighted by atomic mass is 35.5. The quantitative estimate of drug-likeness (QED) is 0.719. The molecule has 2 rings (SSSR count). The van der Waals surface area contributed by atoms with E-state index in [1.165, 1.54) is 17.7 Å². The first-order valence-electron chi connectivity index (χ1n) is 5.68. The van der Waals surface area contributed by atoms with Crippen molar-refractivity contribution in [3.8, 4) is 0 Å². The van der Waals surface area contributed by atoms with E-state index in [-0.39, 0.29) is 5.38 Å². The third-order valence-corrected chi connectivity index (χ3v) is 3.13. The predicted octanol–water partition coefficient (Wildman–Crippen LogP) is 3.47. The van der Waals surface area contributed by atoms with Crippen molar-refractivity contribution in [3.63, 3.8) is 0 Å². The molecule has 1 aliphatic carbocycles. The standard InChI is InChI=1S/C12H17ClN2/c1-2-8-15-12(6-7-14-15)10-4-3-5-11(13)9-10/h6-7,9,11H,2-5,8H2,1H3. The molecule has 1 heterocycles. The van der Waals surface area contributed by atoms with Crippen LogP contribution in [0.3, 0.4) is 0 Å². The van der Waals surface area contributed by atoms with Crippen molar-refractivity contribution in [2.75, 3.05) is 0 Å². The van der Waals surface area contributed by atoms with E-state index in [0.717, 1.165) is 25.8 Å². The van der Waals surface area contributed by atoms with Crippen LogP contribution in [-0.4, -0.2) is 15.2 Å². The van der Waals surface area contributed by atoms with Crippen LogP contribution < -0.4 is 0 Å². The molecule has 0 aliphatic heterocycles. The van der Waals surface area contributed by atoms with Gasteiger partial charge in [-0.25, -0.2) is 0 Å². The second-order valence-corrected chi connectivity index (χ2v) is 4.60. The second kappa shape index (κ2) is 4.84. The van der Waals surface area contributed by atoms with Gasteiger partial charge in [-0.2, -0.15) is 5.10 Å².